The van der Waals surface area contributed by atoms with E-state index >= 15 is 0 Å². The van der Waals surface area contributed by atoms with Gasteiger partial charge in [0.1, 0.15) is 0 Å². The summed E-state index contributed by atoms with van der Waals surface area (Å²) in [4.78, 5) is 0. The van der Waals surface area contributed by atoms with Crippen molar-refractivity contribution in [1.29, 1.82) is 0 Å². The van der Waals surface area contributed by atoms with Crippen molar-refractivity contribution < 1.29 is 5.11 Å². The highest BCUT2D eigenvalue weighted by molar-refractivity contribution is 5.19. The Labute approximate surface area is 73.0 Å². The van der Waals surface area contributed by atoms with Gasteiger partial charge in [0.05, 0.1) is 6.10 Å². The van der Waals surface area contributed by atoms with Crippen LogP contribution in [0, 0.1) is 18.3 Å². The Bertz CT molecular complexity index is 271. The normalized spacial score (nSPS) is 14.8. The van der Waals surface area contributed by atoms with E-state index in [0.717, 1.165) is 5.56 Å². The van der Waals surface area contributed by atoms with Crippen LogP contribution in [0.4, 0.5) is 0 Å². The largest absolute Gasteiger partial charge is 0.387 e. The number of aliphatic hydroxyl groups excluding tert-OH is 1. The summed E-state index contributed by atoms with van der Waals surface area (Å²) < 4.78 is 0. The van der Waals surface area contributed by atoms with Crippen LogP contribution in [0.25, 0.3) is 0 Å². The minimum atomic E-state index is -0.545. The zero-order valence-electron chi connectivity index (χ0n) is 7.07. The molecule has 1 aromatic rings. The van der Waals surface area contributed by atoms with Crippen LogP contribution in [0.15, 0.2) is 30.3 Å². The second-order valence-electron chi connectivity index (χ2n) is 2.81. The lowest BCUT2D eigenvalue weighted by molar-refractivity contribution is 0.144. The van der Waals surface area contributed by atoms with Crippen molar-refractivity contribution in [2.75, 3.05) is 0 Å². The van der Waals surface area contributed by atoms with Crippen LogP contribution in [0.2, 0.25) is 0 Å². The maximum atomic E-state index is 9.65. The molecule has 0 saturated heterocycles. The summed E-state index contributed by atoms with van der Waals surface area (Å²) in [6, 6.07) is 9.44. The highest BCUT2D eigenvalue weighted by Gasteiger charge is 2.12. The Morgan fingerprint density at radius 3 is 2.42 bits per heavy atom. The van der Waals surface area contributed by atoms with Gasteiger partial charge >= 0.3 is 0 Å². The minimum Gasteiger partial charge on any atom is -0.387 e. The molecular weight excluding hydrogens is 148 g/mol. The quantitative estimate of drug-likeness (QED) is 0.656. The van der Waals surface area contributed by atoms with Gasteiger partial charge in [-0.15, -0.1) is 12.3 Å². The fourth-order valence-corrected chi connectivity index (χ4v) is 1.03. The Morgan fingerprint density at radius 2 is 1.92 bits per heavy atom. The number of rotatable bonds is 2. The van der Waals surface area contributed by atoms with Crippen molar-refractivity contribution >= 4 is 0 Å². The predicted molar refractivity (Wildman–Crippen MR) is 49.4 cm³/mol. The SMILES string of the molecule is C#CC(C)C(O)c1ccccc1. The molecule has 1 nitrogen and oxygen atoms in total. The van der Waals surface area contributed by atoms with E-state index in [9.17, 15) is 5.11 Å². The first-order valence-corrected chi connectivity index (χ1v) is 3.95. The van der Waals surface area contributed by atoms with Crippen LogP contribution >= 0.6 is 0 Å². The molecule has 0 aliphatic rings. The van der Waals surface area contributed by atoms with Gasteiger partial charge in [0.15, 0.2) is 0 Å². The van der Waals surface area contributed by atoms with Crippen molar-refractivity contribution in [2.45, 2.75) is 13.0 Å². The first-order chi connectivity index (χ1) is 5.75. The molecular formula is C11H12O. The average Bonchev–Trinajstić information content (AvgIpc) is 2.17. The molecule has 1 aromatic carbocycles. The van der Waals surface area contributed by atoms with Gasteiger partial charge in [0.2, 0.25) is 0 Å². The number of hydrogen-bond acceptors (Lipinski definition) is 1. The molecule has 0 bridgehead atoms. The molecule has 1 rings (SSSR count). The molecule has 0 spiro atoms. The highest BCUT2D eigenvalue weighted by Crippen LogP contribution is 2.20. The van der Waals surface area contributed by atoms with Gasteiger partial charge in [0, 0.05) is 5.92 Å². The lowest BCUT2D eigenvalue weighted by Crippen LogP contribution is -2.06. The molecule has 0 amide bonds. The Kier molecular flexibility index (Phi) is 2.90. The van der Waals surface area contributed by atoms with Crippen molar-refractivity contribution in [2.24, 2.45) is 5.92 Å². The van der Waals surface area contributed by atoms with Crippen LogP contribution in [0.5, 0.6) is 0 Å². The molecule has 2 atom stereocenters. The molecule has 0 aliphatic carbocycles. The molecule has 0 fully saturated rings. The van der Waals surface area contributed by atoms with E-state index in [4.69, 9.17) is 6.42 Å². The predicted octanol–water partition coefficient (Wildman–Crippen LogP) is 1.99. The number of terminal acetylenes is 1. The maximum Gasteiger partial charge on any atom is 0.0924 e. The number of aliphatic hydroxyl groups is 1. The van der Waals surface area contributed by atoms with Gasteiger partial charge in [0.25, 0.3) is 0 Å². The van der Waals surface area contributed by atoms with Gasteiger partial charge in [-0.25, -0.2) is 0 Å². The van der Waals surface area contributed by atoms with E-state index in [1.165, 1.54) is 0 Å². The van der Waals surface area contributed by atoms with Crippen molar-refractivity contribution in [3.05, 3.63) is 35.9 Å². The third-order valence-corrected chi connectivity index (χ3v) is 1.88. The van der Waals surface area contributed by atoms with Gasteiger partial charge in [-0.3, -0.25) is 0 Å². The summed E-state index contributed by atoms with van der Waals surface area (Å²) in [6.45, 7) is 1.83. The number of hydrogen-bond donors (Lipinski definition) is 1. The Morgan fingerprint density at radius 1 is 1.33 bits per heavy atom. The summed E-state index contributed by atoms with van der Waals surface area (Å²) >= 11 is 0. The van der Waals surface area contributed by atoms with Crippen molar-refractivity contribution in [3.8, 4) is 12.3 Å². The fraction of sp³-hybridized carbons (Fsp3) is 0.273. The van der Waals surface area contributed by atoms with E-state index in [-0.39, 0.29) is 5.92 Å². The van der Waals surface area contributed by atoms with Crippen molar-refractivity contribution in [3.63, 3.8) is 0 Å². The zero-order valence-corrected chi connectivity index (χ0v) is 7.07. The van der Waals surface area contributed by atoms with E-state index in [1.54, 1.807) is 0 Å². The second kappa shape index (κ2) is 3.94. The standard InChI is InChI=1S/C11H12O/c1-3-9(2)11(12)10-7-5-4-6-8-10/h1,4-9,11-12H,2H3. The molecule has 0 radical (unpaired) electrons. The zero-order chi connectivity index (χ0) is 8.97. The Balaban J connectivity index is 2.80. The summed E-state index contributed by atoms with van der Waals surface area (Å²) in [7, 11) is 0. The summed E-state index contributed by atoms with van der Waals surface area (Å²) in [5, 5.41) is 9.65. The third-order valence-electron chi connectivity index (χ3n) is 1.88. The van der Waals surface area contributed by atoms with Crippen LogP contribution in [-0.4, -0.2) is 5.11 Å². The number of benzene rings is 1. The maximum absolute atomic E-state index is 9.65. The monoisotopic (exact) mass is 160 g/mol. The molecule has 1 N–H and O–H groups in total. The van der Waals surface area contributed by atoms with E-state index < -0.39 is 6.10 Å². The summed E-state index contributed by atoms with van der Waals surface area (Å²) in [5.74, 6) is 2.38. The van der Waals surface area contributed by atoms with E-state index in [2.05, 4.69) is 5.92 Å². The van der Waals surface area contributed by atoms with Crippen LogP contribution in [-0.2, 0) is 0 Å². The molecule has 0 heterocycles. The molecule has 0 saturated carbocycles. The van der Waals surface area contributed by atoms with Crippen LogP contribution in [0.1, 0.15) is 18.6 Å². The lowest BCUT2D eigenvalue weighted by Gasteiger charge is -2.13. The minimum absolute atomic E-state index is 0.132. The van der Waals surface area contributed by atoms with Gasteiger partial charge in [-0.05, 0) is 12.5 Å². The lowest BCUT2D eigenvalue weighted by atomic mass is 9.98. The summed E-state index contributed by atoms with van der Waals surface area (Å²) in [5.41, 5.74) is 0.878. The molecule has 1 heteroatoms. The van der Waals surface area contributed by atoms with Crippen molar-refractivity contribution in [1.82, 2.24) is 0 Å². The third kappa shape index (κ3) is 1.87. The van der Waals surface area contributed by atoms with Crippen LogP contribution in [0.3, 0.4) is 0 Å². The first kappa shape index (κ1) is 8.83. The highest BCUT2D eigenvalue weighted by atomic mass is 16.3. The van der Waals surface area contributed by atoms with Gasteiger partial charge < -0.3 is 5.11 Å². The molecule has 0 aromatic heterocycles. The second-order valence-corrected chi connectivity index (χ2v) is 2.81. The topological polar surface area (TPSA) is 20.2 Å². The fourth-order valence-electron chi connectivity index (χ4n) is 1.03. The molecule has 12 heavy (non-hydrogen) atoms. The van der Waals surface area contributed by atoms with Gasteiger partial charge in [-0.2, -0.15) is 0 Å². The molecule has 2 unspecified atom stereocenters. The summed E-state index contributed by atoms with van der Waals surface area (Å²) in [6.07, 6.45) is 4.66. The molecule has 62 valence electrons. The average molecular weight is 160 g/mol. The van der Waals surface area contributed by atoms with Gasteiger partial charge in [-0.1, -0.05) is 30.3 Å². The first-order valence-electron chi connectivity index (χ1n) is 3.95. The smallest absolute Gasteiger partial charge is 0.0924 e. The van der Waals surface area contributed by atoms with E-state index in [0.29, 0.717) is 0 Å². The molecule has 0 aliphatic heterocycles. The van der Waals surface area contributed by atoms with Crippen LogP contribution < -0.4 is 0 Å². The van der Waals surface area contributed by atoms with E-state index in [1.807, 2.05) is 37.3 Å². The Hall–Kier alpha value is -1.26.